The Balaban J connectivity index is 0.00000225. The second-order valence-electron chi connectivity index (χ2n) is 6.39. The normalized spacial score (nSPS) is 19.2. The molecule has 2 unspecified atom stereocenters. The number of hydrogen-bond acceptors (Lipinski definition) is 3. The molecule has 1 saturated carbocycles. The van der Waals surface area contributed by atoms with Gasteiger partial charge in [-0.1, -0.05) is 30.3 Å². The van der Waals surface area contributed by atoms with E-state index in [0.29, 0.717) is 5.92 Å². The highest BCUT2D eigenvalue weighted by atomic mass is 127. The van der Waals surface area contributed by atoms with Gasteiger partial charge in [-0.3, -0.25) is 4.99 Å². The number of hydrogen-bond donors (Lipinski definition) is 2. The Morgan fingerprint density at radius 2 is 2.00 bits per heavy atom. The number of guanidine groups is 1. The van der Waals surface area contributed by atoms with Gasteiger partial charge in [0.15, 0.2) is 5.96 Å². The molecule has 0 spiro atoms. The van der Waals surface area contributed by atoms with Gasteiger partial charge in [-0.15, -0.1) is 35.3 Å². The molecule has 0 aliphatic heterocycles. The molecule has 2 N–H and O–H groups in total. The fourth-order valence-corrected chi connectivity index (χ4v) is 3.90. The van der Waals surface area contributed by atoms with Gasteiger partial charge in [0.25, 0.3) is 0 Å². The standard InChI is InChI=1S/C19H26N4S.HI/c1-13-14(2)24-18(23-13)9-10-21-19(20-3)22-12-16-11-17(16)15-7-5-4-6-8-15;/h4-8,16-17H,9-12H2,1-3H3,(H2,20,21,22);1H. The minimum Gasteiger partial charge on any atom is -0.356 e. The van der Waals surface area contributed by atoms with Crippen molar-refractivity contribution in [2.75, 3.05) is 20.1 Å². The molecule has 0 amide bonds. The van der Waals surface area contributed by atoms with Crippen LogP contribution >= 0.6 is 35.3 Å². The van der Waals surface area contributed by atoms with Crippen LogP contribution in [0.1, 0.15) is 33.5 Å². The lowest BCUT2D eigenvalue weighted by atomic mass is 10.1. The van der Waals surface area contributed by atoms with Crippen LogP contribution in [0.15, 0.2) is 35.3 Å². The maximum atomic E-state index is 4.58. The molecule has 3 rings (SSSR count). The van der Waals surface area contributed by atoms with E-state index < -0.39 is 0 Å². The number of benzene rings is 1. The first kappa shape index (κ1) is 20.2. The predicted octanol–water partition coefficient (Wildman–Crippen LogP) is 3.89. The van der Waals surface area contributed by atoms with E-state index in [2.05, 4.69) is 64.8 Å². The number of nitrogens with zero attached hydrogens (tertiary/aromatic N) is 2. The highest BCUT2D eigenvalue weighted by Gasteiger charge is 2.37. The maximum Gasteiger partial charge on any atom is 0.190 e. The van der Waals surface area contributed by atoms with Crippen LogP contribution in [0.4, 0.5) is 0 Å². The number of thiazole rings is 1. The number of aliphatic imine (C=N–C) groups is 1. The van der Waals surface area contributed by atoms with Crippen LogP contribution < -0.4 is 10.6 Å². The Hall–Kier alpha value is -1.15. The summed E-state index contributed by atoms with van der Waals surface area (Å²) >= 11 is 1.79. The monoisotopic (exact) mass is 470 g/mol. The lowest BCUT2D eigenvalue weighted by molar-refractivity contribution is 0.717. The molecule has 1 aliphatic carbocycles. The third-order valence-electron chi connectivity index (χ3n) is 4.61. The van der Waals surface area contributed by atoms with E-state index in [4.69, 9.17) is 0 Å². The summed E-state index contributed by atoms with van der Waals surface area (Å²) in [5, 5.41) is 8.04. The molecule has 25 heavy (non-hydrogen) atoms. The van der Waals surface area contributed by atoms with Gasteiger partial charge < -0.3 is 10.6 Å². The van der Waals surface area contributed by atoms with Crippen LogP contribution in [0.3, 0.4) is 0 Å². The van der Waals surface area contributed by atoms with Gasteiger partial charge in [-0.05, 0) is 37.7 Å². The first-order valence-corrected chi connectivity index (χ1v) is 9.41. The Labute approximate surface area is 171 Å². The second kappa shape index (κ2) is 9.52. The molecule has 0 bridgehead atoms. The summed E-state index contributed by atoms with van der Waals surface area (Å²) in [6.07, 6.45) is 2.21. The molecule has 0 saturated heterocycles. The lowest BCUT2D eigenvalue weighted by Crippen LogP contribution is -2.39. The molecule has 0 radical (unpaired) electrons. The number of aromatic nitrogens is 1. The first-order chi connectivity index (χ1) is 11.7. The molecule has 1 fully saturated rings. The first-order valence-electron chi connectivity index (χ1n) is 8.59. The third-order valence-corrected chi connectivity index (χ3v) is 5.74. The van der Waals surface area contributed by atoms with Gasteiger partial charge in [-0.2, -0.15) is 0 Å². The highest BCUT2D eigenvalue weighted by Crippen LogP contribution is 2.46. The Morgan fingerprint density at radius 1 is 1.24 bits per heavy atom. The van der Waals surface area contributed by atoms with Crippen molar-refractivity contribution in [2.24, 2.45) is 10.9 Å². The minimum absolute atomic E-state index is 0. The van der Waals surface area contributed by atoms with Crippen molar-refractivity contribution in [3.8, 4) is 0 Å². The number of nitrogens with one attached hydrogen (secondary N) is 2. The Morgan fingerprint density at radius 3 is 2.64 bits per heavy atom. The predicted molar refractivity (Wildman–Crippen MR) is 117 cm³/mol. The highest BCUT2D eigenvalue weighted by molar-refractivity contribution is 14.0. The van der Waals surface area contributed by atoms with E-state index in [1.54, 1.807) is 11.3 Å². The van der Waals surface area contributed by atoms with Gasteiger partial charge >= 0.3 is 0 Å². The van der Waals surface area contributed by atoms with E-state index in [9.17, 15) is 0 Å². The average molecular weight is 470 g/mol. The third kappa shape index (κ3) is 5.67. The summed E-state index contributed by atoms with van der Waals surface area (Å²) in [7, 11) is 1.83. The van der Waals surface area contributed by atoms with Gasteiger partial charge in [0.2, 0.25) is 0 Å². The maximum absolute atomic E-state index is 4.58. The van der Waals surface area contributed by atoms with Crippen LogP contribution in [0.25, 0.3) is 0 Å². The Kier molecular flexibility index (Phi) is 7.68. The van der Waals surface area contributed by atoms with Crippen LogP contribution in [-0.2, 0) is 6.42 Å². The molecule has 1 aromatic carbocycles. The molecule has 2 aromatic rings. The summed E-state index contributed by atoms with van der Waals surface area (Å²) in [6, 6.07) is 10.8. The van der Waals surface area contributed by atoms with Crippen LogP contribution in [0.5, 0.6) is 0 Å². The van der Waals surface area contributed by atoms with Crippen LogP contribution in [-0.4, -0.2) is 31.1 Å². The number of rotatable bonds is 6. The molecular formula is C19H27IN4S. The van der Waals surface area contributed by atoms with Crippen molar-refractivity contribution in [2.45, 2.75) is 32.6 Å². The minimum atomic E-state index is 0. The second-order valence-corrected chi connectivity index (χ2v) is 7.68. The fourth-order valence-electron chi connectivity index (χ4n) is 2.96. The summed E-state index contributed by atoms with van der Waals surface area (Å²) in [5.41, 5.74) is 2.61. The zero-order valence-corrected chi connectivity index (χ0v) is 18.2. The quantitative estimate of drug-likeness (QED) is 0.383. The fraction of sp³-hybridized carbons (Fsp3) is 0.474. The lowest BCUT2D eigenvalue weighted by Gasteiger charge is -2.11. The van der Waals surface area contributed by atoms with Gasteiger partial charge in [0, 0.05) is 31.4 Å². The van der Waals surface area contributed by atoms with E-state index in [1.807, 2.05) is 7.05 Å². The molecule has 4 nitrogen and oxygen atoms in total. The van der Waals surface area contributed by atoms with Crippen LogP contribution in [0, 0.1) is 19.8 Å². The van der Waals surface area contributed by atoms with Crippen molar-refractivity contribution in [3.63, 3.8) is 0 Å². The van der Waals surface area contributed by atoms with Crippen molar-refractivity contribution in [1.82, 2.24) is 15.6 Å². The molecule has 1 heterocycles. The average Bonchev–Trinajstić information content (AvgIpc) is 3.31. The SMILES string of the molecule is CN=C(NCCc1nc(C)c(C)s1)NCC1CC1c1ccccc1.I. The number of aryl methyl sites for hydroxylation is 2. The Bertz CT molecular complexity index is 679. The number of halogens is 1. The van der Waals surface area contributed by atoms with Gasteiger partial charge in [0.1, 0.15) is 0 Å². The largest absolute Gasteiger partial charge is 0.356 e. The van der Waals surface area contributed by atoms with E-state index >= 15 is 0 Å². The topological polar surface area (TPSA) is 49.3 Å². The van der Waals surface area contributed by atoms with E-state index in [-0.39, 0.29) is 24.0 Å². The van der Waals surface area contributed by atoms with Crippen LogP contribution in [0.2, 0.25) is 0 Å². The van der Waals surface area contributed by atoms with E-state index in [0.717, 1.165) is 37.1 Å². The zero-order chi connectivity index (χ0) is 16.9. The summed E-state index contributed by atoms with van der Waals surface area (Å²) in [4.78, 5) is 10.2. The molecule has 1 aliphatic rings. The summed E-state index contributed by atoms with van der Waals surface area (Å²) in [6.45, 7) is 6.04. The van der Waals surface area contributed by atoms with Crippen molar-refractivity contribution < 1.29 is 0 Å². The molecule has 136 valence electrons. The summed E-state index contributed by atoms with van der Waals surface area (Å²) in [5.74, 6) is 2.31. The summed E-state index contributed by atoms with van der Waals surface area (Å²) < 4.78 is 0. The molecule has 1 aromatic heterocycles. The van der Waals surface area contributed by atoms with Gasteiger partial charge in [0.05, 0.1) is 10.7 Å². The molecular weight excluding hydrogens is 443 g/mol. The van der Waals surface area contributed by atoms with Crippen molar-refractivity contribution >= 4 is 41.3 Å². The van der Waals surface area contributed by atoms with Crippen molar-refractivity contribution in [3.05, 3.63) is 51.5 Å². The molecule has 6 heteroatoms. The molecule has 2 atom stereocenters. The smallest absolute Gasteiger partial charge is 0.190 e. The van der Waals surface area contributed by atoms with E-state index in [1.165, 1.54) is 21.9 Å². The van der Waals surface area contributed by atoms with Gasteiger partial charge in [-0.25, -0.2) is 4.98 Å². The zero-order valence-electron chi connectivity index (χ0n) is 15.1. The van der Waals surface area contributed by atoms with Crippen molar-refractivity contribution in [1.29, 1.82) is 0 Å².